The van der Waals surface area contributed by atoms with Gasteiger partial charge in [0, 0.05) is 18.9 Å². The van der Waals surface area contributed by atoms with E-state index < -0.39 is 0 Å². The molecule has 0 amide bonds. The molecule has 1 heterocycles. The molecule has 1 saturated heterocycles. The van der Waals surface area contributed by atoms with Crippen LogP contribution in [0.15, 0.2) is 18.2 Å². The van der Waals surface area contributed by atoms with Crippen LogP contribution in [0.4, 0.5) is 0 Å². The third kappa shape index (κ3) is 4.35. The summed E-state index contributed by atoms with van der Waals surface area (Å²) in [6.07, 6.45) is 2.64. The molecular weight excluding hydrogens is 238 g/mol. The van der Waals surface area contributed by atoms with Gasteiger partial charge < -0.3 is 10.1 Å². The van der Waals surface area contributed by atoms with Gasteiger partial charge in [0.1, 0.15) is 11.5 Å². The van der Waals surface area contributed by atoms with Crippen molar-refractivity contribution in [1.29, 1.82) is 0 Å². The Morgan fingerprint density at radius 3 is 2.68 bits per heavy atom. The van der Waals surface area contributed by atoms with Crippen LogP contribution < -0.4 is 10.1 Å². The van der Waals surface area contributed by atoms with Gasteiger partial charge in [-0.2, -0.15) is 0 Å². The summed E-state index contributed by atoms with van der Waals surface area (Å²) in [6.45, 7) is 6.47. The van der Waals surface area contributed by atoms with E-state index in [1.165, 1.54) is 11.1 Å². The molecule has 1 aliphatic heterocycles. The summed E-state index contributed by atoms with van der Waals surface area (Å²) in [4.78, 5) is 12.0. The molecule has 1 fully saturated rings. The predicted octanol–water partition coefficient (Wildman–Crippen LogP) is 2.64. The average molecular weight is 261 g/mol. The standard InChI is InChI=1S/C16H23NO2/c1-12-8-13(2)10-15(9-12)19-7-5-16(18)14-4-3-6-17-11-14/h8-10,14,17H,3-7,11H2,1-2H3. The summed E-state index contributed by atoms with van der Waals surface area (Å²) < 4.78 is 5.69. The fraction of sp³-hybridized carbons (Fsp3) is 0.562. The maximum atomic E-state index is 12.0. The Bertz CT molecular complexity index is 416. The van der Waals surface area contributed by atoms with Crippen molar-refractivity contribution in [1.82, 2.24) is 5.32 Å². The van der Waals surface area contributed by atoms with E-state index in [1.807, 2.05) is 12.1 Å². The van der Waals surface area contributed by atoms with E-state index in [-0.39, 0.29) is 5.92 Å². The number of hydrogen-bond acceptors (Lipinski definition) is 3. The number of rotatable bonds is 5. The molecule has 19 heavy (non-hydrogen) atoms. The molecule has 3 nitrogen and oxygen atoms in total. The number of hydrogen-bond donors (Lipinski definition) is 1. The quantitative estimate of drug-likeness (QED) is 0.885. The monoisotopic (exact) mass is 261 g/mol. The van der Waals surface area contributed by atoms with Crippen LogP contribution >= 0.6 is 0 Å². The summed E-state index contributed by atoms with van der Waals surface area (Å²) >= 11 is 0. The Morgan fingerprint density at radius 1 is 1.32 bits per heavy atom. The van der Waals surface area contributed by atoms with Crippen LogP contribution in [-0.4, -0.2) is 25.5 Å². The van der Waals surface area contributed by atoms with Crippen LogP contribution in [0.1, 0.15) is 30.4 Å². The van der Waals surface area contributed by atoms with Crippen molar-refractivity contribution in [3.05, 3.63) is 29.3 Å². The smallest absolute Gasteiger partial charge is 0.140 e. The molecule has 2 rings (SSSR count). The first-order chi connectivity index (χ1) is 9.15. The summed E-state index contributed by atoms with van der Waals surface area (Å²) in [6, 6.07) is 6.14. The lowest BCUT2D eigenvalue weighted by Crippen LogP contribution is -2.34. The first kappa shape index (κ1) is 14.1. The summed E-state index contributed by atoms with van der Waals surface area (Å²) in [7, 11) is 0. The van der Waals surface area contributed by atoms with E-state index in [9.17, 15) is 4.79 Å². The second kappa shape index (κ2) is 6.71. The summed E-state index contributed by atoms with van der Waals surface area (Å²) in [5.74, 6) is 1.39. The number of Topliss-reactive ketones (excluding diaryl/α,β-unsaturated/α-hetero) is 1. The van der Waals surface area contributed by atoms with Crippen LogP contribution in [0.2, 0.25) is 0 Å². The molecule has 3 heteroatoms. The third-order valence-electron chi connectivity index (χ3n) is 3.56. The van der Waals surface area contributed by atoms with Crippen molar-refractivity contribution >= 4 is 5.78 Å². The zero-order valence-corrected chi connectivity index (χ0v) is 11.9. The Balaban J connectivity index is 1.77. The zero-order valence-electron chi connectivity index (χ0n) is 11.9. The van der Waals surface area contributed by atoms with Crippen molar-refractivity contribution in [2.24, 2.45) is 5.92 Å². The molecule has 0 aliphatic carbocycles. The van der Waals surface area contributed by atoms with Crippen LogP contribution in [0, 0.1) is 19.8 Å². The van der Waals surface area contributed by atoms with Gasteiger partial charge in [-0.25, -0.2) is 0 Å². The van der Waals surface area contributed by atoms with Gasteiger partial charge in [0.15, 0.2) is 0 Å². The van der Waals surface area contributed by atoms with E-state index in [2.05, 4.69) is 25.2 Å². The molecule has 0 spiro atoms. The van der Waals surface area contributed by atoms with Gasteiger partial charge >= 0.3 is 0 Å². The van der Waals surface area contributed by atoms with Gasteiger partial charge in [-0.15, -0.1) is 0 Å². The Hall–Kier alpha value is -1.35. The van der Waals surface area contributed by atoms with Crippen LogP contribution in [0.5, 0.6) is 5.75 Å². The van der Waals surface area contributed by atoms with E-state index in [0.717, 1.165) is 31.7 Å². The molecule has 0 bridgehead atoms. The molecule has 1 aromatic rings. The lowest BCUT2D eigenvalue weighted by atomic mass is 9.94. The number of ether oxygens (including phenoxy) is 1. The van der Waals surface area contributed by atoms with Gasteiger partial charge in [0.2, 0.25) is 0 Å². The van der Waals surface area contributed by atoms with Crippen molar-refractivity contribution < 1.29 is 9.53 Å². The first-order valence-electron chi connectivity index (χ1n) is 7.09. The van der Waals surface area contributed by atoms with Crippen molar-refractivity contribution in [3.8, 4) is 5.75 Å². The molecule has 1 aromatic carbocycles. The molecule has 0 saturated carbocycles. The highest BCUT2D eigenvalue weighted by Crippen LogP contribution is 2.17. The molecule has 1 N–H and O–H groups in total. The van der Waals surface area contributed by atoms with Crippen LogP contribution in [0.3, 0.4) is 0 Å². The maximum Gasteiger partial charge on any atom is 0.140 e. The van der Waals surface area contributed by atoms with Gasteiger partial charge in [-0.3, -0.25) is 4.79 Å². The van der Waals surface area contributed by atoms with Gasteiger partial charge in [0.05, 0.1) is 6.61 Å². The van der Waals surface area contributed by atoms with Crippen molar-refractivity contribution in [2.75, 3.05) is 19.7 Å². The zero-order chi connectivity index (χ0) is 13.7. The normalized spacial score (nSPS) is 19.2. The summed E-state index contributed by atoms with van der Waals surface area (Å²) in [5, 5.41) is 3.28. The molecular formula is C16H23NO2. The largest absolute Gasteiger partial charge is 0.493 e. The predicted molar refractivity (Wildman–Crippen MR) is 76.6 cm³/mol. The van der Waals surface area contributed by atoms with Gasteiger partial charge in [-0.1, -0.05) is 6.07 Å². The molecule has 0 aromatic heterocycles. The van der Waals surface area contributed by atoms with E-state index in [0.29, 0.717) is 18.8 Å². The second-order valence-corrected chi connectivity index (χ2v) is 5.43. The number of aryl methyl sites for hydroxylation is 2. The summed E-state index contributed by atoms with van der Waals surface area (Å²) in [5.41, 5.74) is 2.38. The maximum absolute atomic E-state index is 12.0. The fourth-order valence-electron chi connectivity index (χ4n) is 2.62. The minimum absolute atomic E-state index is 0.191. The highest BCUT2D eigenvalue weighted by atomic mass is 16.5. The molecule has 104 valence electrons. The van der Waals surface area contributed by atoms with Crippen molar-refractivity contribution in [3.63, 3.8) is 0 Å². The third-order valence-corrected chi connectivity index (χ3v) is 3.56. The van der Waals surface area contributed by atoms with E-state index >= 15 is 0 Å². The van der Waals surface area contributed by atoms with Crippen LogP contribution in [0.25, 0.3) is 0 Å². The SMILES string of the molecule is Cc1cc(C)cc(OCCC(=O)C2CCCNC2)c1. The Kier molecular flexibility index (Phi) is 4.97. The molecule has 1 atom stereocenters. The number of carbonyl (C=O) groups is 1. The van der Waals surface area contributed by atoms with E-state index in [4.69, 9.17) is 4.74 Å². The number of benzene rings is 1. The van der Waals surface area contributed by atoms with Gasteiger partial charge in [-0.05, 0) is 56.5 Å². The second-order valence-electron chi connectivity index (χ2n) is 5.43. The molecule has 1 aliphatic rings. The highest BCUT2D eigenvalue weighted by Gasteiger charge is 2.20. The number of carbonyl (C=O) groups excluding carboxylic acids is 1. The Labute approximate surface area is 115 Å². The highest BCUT2D eigenvalue weighted by molar-refractivity contribution is 5.81. The molecule has 0 radical (unpaired) electrons. The lowest BCUT2D eigenvalue weighted by molar-refractivity contribution is -0.123. The molecule has 1 unspecified atom stereocenters. The topological polar surface area (TPSA) is 38.3 Å². The van der Waals surface area contributed by atoms with Crippen molar-refractivity contribution in [2.45, 2.75) is 33.1 Å². The van der Waals surface area contributed by atoms with Crippen LogP contribution in [-0.2, 0) is 4.79 Å². The number of nitrogens with one attached hydrogen (secondary N) is 1. The Morgan fingerprint density at radius 2 is 2.05 bits per heavy atom. The fourth-order valence-corrected chi connectivity index (χ4v) is 2.62. The van der Waals surface area contributed by atoms with E-state index in [1.54, 1.807) is 0 Å². The minimum atomic E-state index is 0.191. The number of ketones is 1. The lowest BCUT2D eigenvalue weighted by Gasteiger charge is -2.21. The average Bonchev–Trinajstić information content (AvgIpc) is 2.38. The number of piperidine rings is 1. The first-order valence-corrected chi connectivity index (χ1v) is 7.09. The minimum Gasteiger partial charge on any atom is -0.493 e. The van der Waals surface area contributed by atoms with Gasteiger partial charge in [0.25, 0.3) is 0 Å².